The fraction of sp³-hybridized carbons (Fsp3) is 0.462. The van der Waals surface area contributed by atoms with Crippen LogP contribution in [0.15, 0.2) is 61.2 Å². The molecule has 0 aliphatic carbocycles. The molecule has 0 spiro atoms. The van der Waals surface area contributed by atoms with E-state index >= 15 is 4.39 Å². The summed E-state index contributed by atoms with van der Waals surface area (Å²) in [6.45, 7) is 5.75. The summed E-state index contributed by atoms with van der Waals surface area (Å²) in [7, 11) is -3.60. The molecule has 9 heteroatoms. The third-order valence-corrected chi connectivity index (χ3v) is 9.97. The minimum atomic E-state index is -3.60. The van der Waals surface area contributed by atoms with Gasteiger partial charge in [0.1, 0.15) is 23.7 Å². The smallest absolute Gasteiger partial charge is 0.221 e. The molecule has 4 atom stereocenters. The van der Waals surface area contributed by atoms with E-state index < -0.39 is 15.3 Å². The van der Waals surface area contributed by atoms with Gasteiger partial charge in [0.05, 0.1) is 0 Å². The van der Waals surface area contributed by atoms with Gasteiger partial charge in [0.2, 0.25) is 10.0 Å². The van der Waals surface area contributed by atoms with Crippen LogP contribution in [-0.4, -0.2) is 46.6 Å². The Bertz CT molecular complexity index is 1250. The summed E-state index contributed by atoms with van der Waals surface area (Å²) >= 11 is 0. The molecule has 2 aromatic carbocycles. The molecule has 1 aromatic heterocycles. The van der Waals surface area contributed by atoms with Crippen LogP contribution in [0.2, 0.25) is 0 Å². The molecule has 5 rings (SSSR count). The number of benzene rings is 2. The third-order valence-electron chi connectivity index (χ3n) is 7.60. The Hall–Kier alpha value is -2.78. The summed E-state index contributed by atoms with van der Waals surface area (Å²) in [6, 6.07) is 14.7. The zero-order valence-electron chi connectivity index (χ0n) is 20.2. The normalized spacial score (nSPS) is 27.1. The van der Waals surface area contributed by atoms with Crippen molar-refractivity contribution in [2.45, 2.75) is 57.0 Å². The number of halogens is 1. The highest BCUT2D eigenvalue weighted by Crippen LogP contribution is 2.38. The molecule has 35 heavy (non-hydrogen) atoms. The Morgan fingerprint density at radius 3 is 2.43 bits per heavy atom. The Kier molecular flexibility index (Phi) is 6.63. The van der Waals surface area contributed by atoms with Gasteiger partial charge in [-0.2, -0.15) is 4.31 Å². The molecule has 2 fully saturated rings. The molecule has 2 aliphatic heterocycles. The number of rotatable bonds is 5. The van der Waals surface area contributed by atoms with Crippen LogP contribution in [0.1, 0.15) is 55.5 Å². The molecule has 0 N–H and O–H groups in total. The maximum absolute atomic E-state index is 15.3. The highest BCUT2D eigenvalue weighted by molar-refractivity contribution is 7.89. The van der Waals surface area contributed by atoms with Gasteiger partial charge in [-0.25, -0.2) is 12.8 Å². The summed E-state index contributed by atoms with van der Waals surface area (Å²) in [5, 5.41) is 7.25. The van der Waals surface area contributed by atoms with E-state index in [0.717, 1.165) is 37.2 Å². The second-order valence-electron chi connectivity index (χ2n) is 9.88. The van der Waals surface area contributed by atoms with Crippen LogP contribution in [0.25, 0.3) is 0 Å². The lowest BCUT2D eigenvalue weighted by molar-refractivity contribution is 0.279. The first-order valence-corrected chi connectivity index (χ1v) is 13.8. The molecule has 0 radical (unpaired) electrons. The van der Waals surface area contributed by atoms with Gasteiger partial charge in [0.15, 0.2) is 0 Å². The summed E-state index contributed by atoms with van der Waals surface area (Å²) in [4.78, 5) is 2.20. The largest absolute Gasteiger partial charge is 0.371 e. The van der Waals surface area contributed by atoms with Gasteiger partial charge >= 0.3 is 0 Å². The minimum Gasteiger partial charge on any atom is -0.371 e. The molecule has 0 bridgehead atoms. The zero-order chi connectivity index (χ0) is 24.6. The van der Waals surface area contributed by atoms with Crippen molar-refractivity contribution in [3.8, 4) is 0 Å². The molecule has 0 unspecified atom stereocenters. The van der Waals surface area contributed by atoms with Crippen LogP contribution in [0.5, 0.6) is 0 Å². The Balaban J connectivity index is 1.31. The average Bonchev–Trinajstić information content (AvgIpc) is 3.37. The van der Waals surface area contributed by atoms with E-state index in [-0.39, 0.29) is 18.4 Å². The molecule has 186 valence electrons. The van der Waals surface area contributed by atoms with Gasteiger partial charge in [-0.3, -0.25) is 0 Å². The van der Waals surface area contributed by atoms with E-state index in [9.17, 15) is 8.42 Å². The van der Waals surface area contributed by atoms with Gasteiger partial charge in [-0.15, -0.1) is 10.2 Å². The SMILES string of the molecule is C[C@@H]1CN(c2ccc(CN3[C@@H](C)CC[C@H](c4ccccc4)S3(=O)=O)c(F)c2)CC[C@H]1n1cnnc1. The average molecular weight is 498 g/mol. The Labute approximate surface area is 206 Å². The van der Waals surface area contributed by atoms with Crippen LogP contribution >= 0.6 is 0 Å². The first-order chi connectivity index (χ1) is 16.8. The minimum absolute atomic E-state index is 0.0467. The second-order valence-corrected chi connectivity index (χ2v) is 11.9. The number of hydrogen-bond acceptors (Lipinski definition) is 5. The molecule has 0 saturated carbocycles. The van der Waals surface area contributed by atoms with Gasteiger partial charge in [-0.05, 0) is 49.8 Å². The van der Waals surface area contributed by atoms with E-state index in [2.05, 4.69) is 26.6 Å². The summed E-state index contributed by atoms with van der Waals surface area (Å²) in [5.41, 5.74) is 2.03. The van der Waals surface area contributed by atoms with Gasteiger partial charge in [-0.1, -0.05) is 43.3 Å². The molecule has 0 amide bonds. The Morgan fingerprint density at radius 2 is 1.74 bits per heavy atom. The number of anilines is 1. The zero-order valence-corrected chi connectivity index (χ0v) is 21.0. The van der Waals surface area contributed by atoms with Crippen molar-refractivity contribution < 1.29 is 12.8 Å². The number of sulfonamides is 1. The molecular formula is C26H32FN5O2S. The lowest BCUT2D eigenvalue weighted by Crippen LogP contribution is -2.44. The van der Waals surface area contributed by atoms with E-state index in [1.54, 1.807) is 24.8 Å². The highest BCUT2D eigenvalue weighted by atomic mass is 32.2. The first-order valence-electron chi connectivity index (χ1n) is 12.3. The summed E-state index contributed by atoms with van der Waals surface area (Å²) in [5.74, 6) is -0.00271. The van der Waals surface area contributed by atoms with Crippen molar-refractivity contribution in [1.29, 1.82) is 0 Å². The standard InChI is InChI=1S/C26H32FN5O2S/c1-19-15-30(13-12-25(19)31-17-28-29-18-31)23-10-9-22(24(27)14-23)16-32-20(2)8-11-26(35(32,33)34)21-6-4-3-5-7-21/h3-7,9-10,14,17-20,25-26H,8,11-13,15-16H2,1-2H3/t19-,20+,25-,26-/m1/s1. The molecule has 3 heterocycles. The van der Waals surface area contributed by atoms with Crippen LogP contribution in [-0.2, 0) is 16.6 Å². The lowest BCUT2D eigenvalue weighted by atomic mass is 9.93. The number of hydrogen-bond donors (Lipinski definition) is 0. The van der Waals surface area contributed by atoms with Crippen LogP contribution in [0.4, 0.5) is 10.1 Å². The fourth-order valence-corrected chi connectivity index (χ4v) is 7.76. The molecular weight excluding hydrogens is 465 g/mol. The molecule has 2 aliphatic rings. The predicted octanol–water partition coefficient (Wildman–Crippen LogP) is 4.56. The molecule has 7 nitrogen and oxygen atoms in total. The van der Waals surface area contributed by atoms with Gasteiger partial charge in [0.25, 0.3) is 0 Å². The summed E-state index contributed by atoms with van der Waals surface area (Å²) < 4.78 is 45.8. The topological polar surface area (TPSA) is 71.3 Å². The van der Waals surface area contributed by atoms with Crippen LogP contribution in [0, 0.1) is 11.7 Å². The summed E-state index contributed by atoms with van der Waals surface area (Å²) in [6.07, 6.45) is 5.76. The van der Waals surface area contributed by atoms with Crippen molar-refractivity contribution in [3.05, 3.63) is 78.1 Å². The van der Waals surface area contributed by atoms with Gasteiger partial charge in [0, 0.05) is 43.0 Å². The second kappa shape index (κ2) is 9.70. The molecule has 2 saturated heterocycles. The fourth-order valence-electron chi connectivity index (χ4n) is 5.57. The number of nitrogens with zero attached hydrogens (tertiary/aromatic N) is 5. The van der Waals surface area contributed by atoms with E-state index in [1.807, 2.05) is 43.3 Å². The van der Waals surface area contributed by atoms with Crippen LogP contribution < -0.4 is 4.90 Å². The van der Waals surface area contributed by atoms with Crippen molar-refractivity contribution in [2.75, 3.05) is 18.0 Å². The number of piperidine rings is 1. The molecule has 3 aromatic rings. The monoisotopic (exact) mass is 497 g/mol. The first kappa shape index (κ1) is 23.9. The maximum Gasteiger partial charge on any atom is 0.221 e. The van der Waals surface area contributed by atoms with Crippen molar-refractivity contribution in [3.63, 3.8) is 0 Å². The maximum atomic E-state index is 15.3. The van der Waals surface area contributed by atoms with Crippen molar-refractivity contribution in [2.24, 2.45) is 5.92 Å². The van der Waals surface area contributed by atoms with Gasteiger partial charge < -0.3 is 9.47 Å². The van der Waals surface area contributed by atoms with Crippen molar-refractivity contribution >= 4 is 15.7 Å². The Morgan fingerprint density at radius 1 is 1.00 bits per heavy atom. The number of aromatic nitrogens is 3. The third kappa shape index (κ3) is 4.71. The van der Waals surface area contributed by atoms with Crippen molar-refractivity contribution in [1.82, 2.24) is 19.1 Å². The highest BCUT2D eigenvalue weighted by Gasteiger charge is 2.40. The quantitative estimate of drug-likeness (QED) is 0.517. The predicted molar refractivity (Wildman–Crippen MR) is 134 cm³/mol. The van der Waals surface area contributed by atoms with E-state index in [1.165, 1.54) is 4.31 Å². The lowest BCUT2D eigenvalue weighted by Gasteiger charge is -2.39. The van der Waals surface area contributed by atoms with Crippen LogP contribution in [0.3, 0.4) is 0 Å². The van der Waals surface area contributed by atoms with E-state index in [0.29, 0.717) is 23.9 Å². The van der Waals surface area contributed by atoms with E-state index in [4.69, 9.17) is 0 Å².